The number of hydrogen-bond donors (Lipinski definition) is 1. The van der Waals surface area contributed by atoms with Crippen LogP contribution in [0.4, 0.5) is 19.0 Å². The Kier molecular flexibility index (Phi) is 3.58. The van der Waals surface area contributed by atoms with Crippen LogP contribution in [-0.2, 0) is 19.0 Å². The molecule has 20 heavy (non-hydrogen) atoms. The highest BCUT2D eigenvalue weighted by Gasteiger charge is 2.36. The van der Waals surface area contributed by atoms with Crippen molar-refractivity contribution in [2.24, 2.45) is 0 Å². The molecule has 2 aliphatic rings. The molecule has 0 atom stereocenters. The van der Waals surface area contributed by atoms with Gasteiger partial charge >= 0.3 is 6.18 Å². The molecule has 0 amide bonds. The molecule has 1 aromatic heterocycles. The molecular formula is C14H18F3N3. The zero-order valence-corrected chi connectivity index (χ0v) is 11.3. The Labute approximate surface area is 116 Å². The first-order chi connectivity index (χ1) is 9.55. The third-order valence-electron chi connectivity index (χ3n) is 4.03. The molecule has 3 nitrogen and oxygen atoms in total. The van der Waals surface area contributed by atoms with Crippen molar-refractivity contribution in [3.8, 4) is 0 Å². The van der Waals surface area contributed by atoms with Gasteiger partial charge < -0.3 is 10.2 Å². The van der Waals surface area contributed by atoms with E-state index >= 15 is 0 Å². The van der Waals surface area contributed by atoms with Gasteiger partial charge in [0.2, 0.25) is 0 Å². The number of alkyl halides is 3. The van der Waals surface area contributed by atoms with E-state index in [0.29, 0.717) is 43.0 Å². The van der Waals surface area contributed by atoms with Crippen molar-refractivity contribution in [1.82, 2.24) is 10.3 Å². The summed E-state index contributed by atoms with van der Waals surface area (Å²) in [6.07, 6.45) is -1.36. The van der Waals surface area contributed by atoms with Gasteiger partial charge in [0, 0.05) is 31.9 Å². The molecule has 1 aromatic rings. The number of anilines is 1. The van der Waals surface area contributed by atoms with Crippen molar-refractivity contribution in [3.05, 3.63) is 22.9 Å². The summed E-state index contributed by atoms with van der Waals surface area (Å²) in [5.41, 5.74) is 0.595. The van der Waals surface area contributed by atoms with Crippen molar-refractivity contribution in [2.45, 2.75) is 31.9 Å². The molecule has 110 valence electrons. The Morgan fingerprint density at radius 1 is 1.10 bits per heavy atom. The SMILES string of the molecule is FC(F)(F)c1cc(N2CCNCC2)nc2c1CCCC2. The summed E-state index contributed by atoms with van der Waals surface area (Å²) in [7, 11) is 0. The van der Waals surface area contributed by atoms with Gasteiger partial charge in [0.1, 0.15) is 5.82 Å². The second kappa shape index (κ2) is 5.24. The number of rotatable bonds is 1. The number of nitrogens with one attached hydrogen (secondary N) is 1. The minimum Gasteiger partial charge on any atom is -0.354 e. The fourth-order valence-corrected chi connectivity index (χ4v) is 3.00. The van der Waals surface area contributed by atoms with Crippen LogP contribution in [0.1, 0.15) is 29.7 Å². The standard InChI is InChI=1S/C14H18F3N3/c15-14(16,17)11-9-13(20-7-5-18-6-8-20)19-12-4-2-1-3-10(11)12/h9,18H,1-8H2. The van der Waals surface area contributed by atoms with Crippen LogP contribution in [0.5, 0.6) is 0 Å². The molecule has 1 saturated heterocycles. The van der Waals surface area contributed by atoms with Crippen LogP contribution < -0.4 is 10.2 Å². The molecule has 1 N–H and O–H groups in total. The van der Waals surface area contributed by atoms with Crippen LogP contribution in [0.2, 0.25) is 0 Å². The molecule has 0 unspecified atom stereocenters. The Morgan fingerprint density at radius 2 is 1.80 bits per heavy atom. The quantitative estimate of drug-likeness (QED) is 0.858. The van der Waals surface area contributed by atoms with E-state index in [1.165, 1.54) is 6.07 Å². The molecular weight excluding hydrogens is 267 g/mol. The van der Waals surface area contributed by atoms with E-state index in [4.69, 9.17) is 0 Å². The zero-order chi connectivity index (χ0) is 14.2. The lowest BCUT2D eigenvalue weighted by atomic mass is 9.92. The molecule has 0 saturated carbocycles. The van der Waals surface area contributed by atoms with Crippen LogP contribution in [0, 0.1) is 0 Å². The Morgan fingerprint density at radius 3 is 2.50 bits per heavy atom. The number of halogens is 3. The van der Waals surface area contributed by atoms with Crippen molar-refractivity contribution >= 4 is 5.82 Å². The lowest BCUT2D eigenvalue weighted by molar-refractivity contribution is -0.138. The van der Waals surface area contributed by atoms with Gasteiger partial charge in [-0.15, -0.1) is 0 Å². The summed E-state index contributed by atoms with van der Waals surface area (Å²) in [6, 6.07) is 1.25. The molecule has 1 aliphatic carbocycles. The fraction of sp³-hybridized carbons (Fsp3) is 0.643. The summed E-state index contributed by atoms with van der Waals surface area (Å²) < 4.78 is 39.8. The zero-order valence-electron chi connectivity index (χ0n) is 11.3. The Balaban J connectivity index is 2.03. The number of aryl methyl sites for hydroxylation is 1. The number of hydrogen-bond acceptors (Lipinski definition) is 3. The van der Waals surface area contributed by atoms with E-state index in [1.807, 2.05) is 4.90 Å². The van der Waals surface area contributed by atoms with Crippen molar-refractivity contribution in [3.63, 3.8) is 0 Å². The number of fused-ring (bicyclic) bond motifs is 1. The van der Waals surface area contributed by atoms with Crippen LogP contribution in [0.3, 0.4) is 0 Å². The summed E-state index contributed by atoms with van der Waals surface area (Å²) in [5.74, 6) is 0.486. The van der Waals surface area contributed by atoms with Gasteiger partial charge in [0.05, 0.1) is 5.56 Å². The van der Waals surface area contributed by atoms with E-state index in [1.54, 1.807) is 0 Å². The summed E-state index contributed by atoms with van der Waals surface area (Å²) in [6.45, 7) is 3.01. The van der Waals surface area contributed by atoms with E-state index in [0.717, 1.165) is 25.9 Å². The highest BCUT2D eigenvalue weighted by atomic mass is 19.4. The maximum absolute atomic E-state index is 13.3. The highest BCUT2D eigenvalue weighted by Crippen LogP contribution is 2.37. The smallest absolute Gasteiger partial charge is 0.354 e. The first-order valence-electron chi connectivity index (χ1n) is 7.11. The Bertz CT molecular complexity index is 493. The van der Waals surface area contributed by atoms with Gasteiger partial charge in [-0.3, -0.25) is 0 Å². The van der Waals surface area contributed by atoms with E-state index in [9.17, 15) is 13.2 Å². The third kappa shape index (κ3) is 2.61. The normalized spacial score (nSPS) is 19.9. The van der Waals surface area contributed by atoms with Gasteiger partial charge in [0.25, 0.3) is 0 Å². The molecule has 1 fully saturated rings. The van der Waals surface area contributed by atoms with Crippen LogP contribution in [0.15, 0.2) is 6.07 Å². The van der Waals surface area contributed by atoms with E-state index < -0.39 is 11.7 Å². The third-order valence-corrected chi connectivity index (χ3v) is 4.03. The minimum absolute atomic E-state index is 0.419. The number of piperazine rings is 1. The van der Waals surface area contributed by atoms with Gasteiger partial charge in [-0.25, -0.2) is 4.98 Å². The number of nitrogens with zero attached hydrogens (tertiary/aromatic N) is 2. The maximum Gasteiger partial charge on any atom is 0.416 e. The van der Waals surface area contributed by atoms with Crippen LogP contribution >= 0.6 is 0 Å². The second-order valence-electron chi connectivity index (χ2n) is 5.40. The molecule has 2 heterocycles. The number of pyridine rings is 1. The minimum atomic E-state index is -4.28. The second-order valence-corrected chi connectivity index (χ2v) is 5.40. The number of aromatic nitrogens is 1. The van der Waals surface area contributed by atoms with Crippen molar-refractivity contribution in [1.29, 1.82) is 0 Å². The van der Waals surface area contributed by atoms with E-state index in [-0.39, 0.29) is 0 Å². The molecule has 3 rings (SSSR count). The monoisotopic (exact) mass is 285 g/mol. The Hall–Kier alpha value is -1.30. The van der Waals surface area contributed by atoms with Crippen molar-refractivity contribution in [2.75, 3.05) is 31.1 Å². The lowest BCUT2D eigenvalue weighted by Gasteiger charge is -2.30. The predicted octanol–water partition coefficient (Wildman–Crippen LogP) is 2.39. The fourth-order valence-electron chi connectivity index (χ4n) is 3.00. The summed E-state index contributed by atoms with van der Waals surface area (Å²) in [5, 5.41) is 3.20. The molecule has 1 aliphatic heterocycles. The van der Waals surface area contributed by atoms with Gasteiger partial charge in [-0.2, -0.15) is 13.2 Å². The topological polar surface area (TPSA) is 28.2 Å². The maximum atomic E-state index is 13.3. The van der Waals surface area contributed by atoms with Crippen molar-refractivity contribution < 1.29 is 13.2 Å². The average Bonchev–Trinajstić information content (AvgIpc) is 2.46. The van der Waals surface area contributed by atoms with Gasteiger partial charge in [-0.1, -0.05) is 0 Å². The lowest BCUT2D eigenvalue weighted by Crippen LogP contribution is -2.44. The summed E-state index contributed by atoms with van der Waals surface area (Å²) in [4.78, 5) is 6.45. The summed E-state index contributed by atoms with van der Waals surface area (Å²) >= 11 is 0. The van der Waals surface area contributed by atoms with Gasteiger partial charge in [0.15, 0.2) is 0 Å². The predicted molar refractivity (Wildman–Crippen MR) is 71.0 cm³/mol. The molecule has 0 radical (unpaired) electrons. The van der Waals surface area contributed by atoms with Crippen LogP contribution in [0.25, 0.3) is 0 Å². The van der Waals surface area contributed by atoms with E-state index in [2.05, 4.69) is 10.3 Å². The van der Waals surface area contributed by atoms with Crippen LogP contribution in [-0.4, -0.2) is 31.2 Å². The molecule has 0 aromatic carbocycles. The first kappa shape index (κ1) is 13.7. The largest absolute Gasteiger partial charge is 0.416 e. The first-order valence-corrected chi connectivity index (χ1v) is 7.11. The molecule has 6 heteroatoms. The van der Waals surface area contributed by atoms with Gasteiger partial charge in [-0.05, 0) is 37.3 Å². The highest BCUT2D eigenvalue weighted by molar-refractivity contribution is 5.49. The molecule has 0 spiro atoms. The molecule has 0 bridgehead atoms. The average molecular weight is 285 g/mol.